The zero-order valence-electron chi connectivity index (χ0n) is 22.8. The number of rotatable bonds is 8. The highest BCUT2D eigenvalue weighted by Crippen LogP contribution is 2.28. The first-order valence-corrected chi connectivity index (χ1v) is 14.2. The first-order chi connectivity index (χ1) is 18.9. The van der Waals surface area contributed by atoms with E-state index in [0.717, 1.165) is 50.5 Å². The van der Waals surface area contributed by atoms with Gasteiger partial charge in [0, 0.05) is 6.42 Å². The van der Waals surface area contributed by atoms with E-state index in [2.05, 4.69) is 10.6 Å². The second-order valence-corrected chi connectivity index (χ2v) is 10.5. The first-order valence-electron chi connectivity index (χ1n) is 14.2. The fraction of sp³-hybridized carbons (Fsp3) is 0.655. The van der Waals surface area contributed by atoms with E-state index in [1.165, 1.54) is 0 Å². The molecule has 0 aromatic heterocycles. The molecule has 1 aliphatic carbocycles. The molecular weight excluding hydrogens is 504 g/mol. The van der Waals surface area contributed by atoms with Crippen molar-refractivity contribution in [2.45, 2.75) is 108 Å². The molecule has 3 N–H and O–H groups in total. The van der Waals surface area contributed by atoms with Gasteiger partial charge in [-0.2, -0.15) is 0 Å². The van der Waals surface area contributed by atoms with Gasteiger partial charge in [-0.15, -0.1) is 0 Å². The summed E-state index contributed by atoms with van der Waals surface area (Å²) < 4.78 is 16.1. The third kappa shape index (κ3) is 10.5. The maximum Gasteiger partial charge on any atom is 0.408 e. The van der Waals surface area contributed by atoms with Gasteiger partial charge in [0.05, 0.1) is 6.04 Å². The number of alkyl carbamates (subject to hydrolysis) is 1. The number of nitrogens with one attached hydrogen (secondary N) is 2. The summed E-state index contributed by atoms with van der Waals surface area (Å²) in [6, 6.07) is 7.07. The second kappa shape index (κ2) is 16.1. The predicted molar refractivity (Wildman–Crippen MR) is 142 cm³/mol. The largest absolute Gasteiger partial charge is 0.462 e. The van der Waals surface area contributed by atoms with Crippen LogP contribution in [0.15, 0.2) is 30.3 Å². The van der Waals surface area contributed by atoms with Crippen molar-refractivity contribution in [1.29, 1.82) is 0 Å². The Morgan fingerprint density at radius 1 is 1.10 bits per heavy atom. The minimum Gasteiger partial charge on any atom is -0.462 e. The van der Waals surface area contributed by atoms with E-state index in [9.17, 15) is 24.3 Å². The van der Waals surface area contributed by atoms with Crippen LogP contribution in [0.2, 0.25) is 0 Å². The smallest absolute Gasteiger partial charge is 0.408 e. The molecule has 2 fully saturated rings. The van der Waals surface area contributed by atoms with Crippen molar-refractivity contribution < 1.29 is 38.5 Å². The van der Waals surface area contributed by atoms with E-state index >= 15 is 0 Å². The van der Waals surface area contributed by atoms with Crippen LogP contribution in [0.3, 0.4) is 0 Å². The molecule has 2 aliphatic rings. The second-order valence-electron chi connectivity index (χ2n) is 10.5. The van der Waals surface area contributed by atoms with E-state index in [4.69, 9.17) is 14.2 Å². The molecule has 1 aromatic rings. The third-order valence-electron chi connectivity index (χ3n) is 7.31. The van der Waals surface area contributed by atoms with Crippen molar-refractivity contribution in [3.8, 4) is 0 Å². The molecule has 1 aliphatic heterocycles. The molecular formula is C29H42N2O8. The molecule has 216 valence electrons. The molecule has 0 bridgehead atoms. The number of ether oxygens (including phenoxy) is 3. The average Bonchev–Trinajstić information content (AvgIpc) is 2.95. The minimum absolute atomic E-state index is 0.0110. The molecule has 2 amide bonds. The molecule has 39 heavy (non-hydrogen) atoms. The summed E-state index contributed by atoms with van der Waals surface area (Å²) in [5, 5.41) is 16.3. The van der Waals surface area contributed by atoms with Crippen LogP contribution >= 0.6 is 0 Å². The number of carbonyl (C=O) groups is 4. The SMILES string of the molecule is CCCCC1COC(=O)CC[C@H](NC(=O)OCc2ccccc2)C(=O)N[C@@H](CC2CCCCC2)[C@@H](O)C(=O)O1. The zero-order chi connectivity index (χ0) is 28.0. The first kappa shape index (κ1) is 30.4. The lowest BCUT2D eigenvalue weighted by atomic mass is 9.83. The summed E-state index contributed by atoms with van der Waals surface area (Å²) in [6.07, 6.45) is 4.38. The normalized spacial score (nSPS) is 25.6. The van der Waals surface area contributed by atoms with Gasteiger partial charge in [0.15, 0.2) is 6.10 Å². The maximum absolute atomic E-state index is 13.3. The summed E-state index contributed by atoms with van der Waals surface area (Å²) in [5.41, 5.74) is 0.780. The van der Waals surface area contributed by atoms with Crippen molar-refractivity contribution in [2.75, 3.05) is 6.61 Å². The molecule has 1 heterocycles. The number of amides is 2. The van der Waals surface area contributed by atoms with Crippen molar-refractivity contribution in [3.05, 3.63) is 35.9 Å². The molecule has 1 saturated carbocycles. The van der Waals surface area contributed by atoms with Gasteiger partial charge >= 0.3 is 18.0 Å². The summed E-state index contributed by atoms with van der Waals surface area (Å²) in [5.74, 6) is -1.82. The average molecular weight is 547 g/mol. The maximum atomic E-state index is 13.3. The lowest BCUT2D eigenvalue weighted by Crippen LogP contribution is -2.55. The molecule has 0 radical (unpaired) electrons. The van der Waals surface area contributed by atoms with Crippen molar-refractivity contribution >= 4 is 23.9 Å². The van der Waals surface area contributed by atoms with Gasteiger partial charge in [-0.3, -0.25) is 9.59 Å². The van der Waals surface area contributed by atoms with E-state index < -0.39 is 48.2 Å². The molecule has 4 atom stereocenters. The standard InChI is InChI=1S/C29H42N2O8/c1-2-3-14-22-19-37-25(32)16-15-23(31-29(36)38-18-21-12-8-5-9-13-21)27(34)30-24(26(33)28(35)39-22)17-20-10-6-4-7-11-20/h5,8-9,12-13,20,22-24,26,33H,2-4,6-7,10-11,14-19H2,1H3,(H,30,34)(H,31,36)/t22?,23-,24-,26+/m0/s1. The van der Waals surface area contributed by atoms with Crippen LogP contribution in [0.4, 0.5) is 4.79 Å². The Kier molecular flexibility index (Phi) is 12.5. The van der Waals surface area contributed by atoms with Crippen LogP contribution in [-0.4, -0.2) is 59.9 Å². The summed E-state index contributed by atoms with van der Waals surface area (Å²) >= 11 is 0. The van der Waals surface area contributed by atoms with Crippen LogP contribution in [0, 0.1) is 5.92 Å². The van der Waals surface area contributed by atoms with Gasteiger partial charge in [-0.25, -0.2) is 9.59 Å². The van der Waals surface area contributed by atoms with Crippen LogP contribution < -0.4 is 10.6 Å². The monoisotopic (exact) mass is 546 g/mol. The van der Waals surface area contributed by atoms with Crippen molar-refractivity contribution in [1.82, 2.24) is 10.6 Å². The predicted octanol–water partition coefficient (Wildman–Crippen LogP) is 3.54. The Bertz CT molecular complexity index is 934. The highest BCUT2D eigenvalue weighted by atomic mass is 16.6. The zero-order valence-corrected chi connectivity index (χ0v) is 22.8. The fourth-order valence-corrected chi connectivity index (χ4v) is 5.03. The quantitative estimate of drug-likeness (QED) is 0.332. The Hall–Kier alpha value is -3.14. The highest BCUT2D eigenvalue weighted by Gasteiger charge is 2.35. The molecule has 1 saturated heterocycles. The number of hydrogen-bond donors (Lipinski definition) is 3. The molecule has 10 heteroatoms. The number of aliphatic hydroxyl groups is 1. The van der Waals surface area contributed by atoms with Gasteiger partial charge in [-0.1, -0.05) is 75.8 Å². The lowest BCUT2D eigenvalue weighted by Gasteiger charge is -2.31. The summed E-state index contributed by atoms with van der Waals surface area (Å²) in [7, 11) is 0. The van der Waals surface area contributed by atoms with Crippen LogP contribution in [0.5, 0.6) is 0 Å². The number of carbonyl (C=O) groups excluding carboxylic acids is 4. The van der Waals surface area contributed by atoms with Gasteiger partial charge in [-0.05, 0) is 37.2 Å². The van der Waals surface area contributed by atoms with E-state index in [0.29, 0.717) is 12.8 Å². The third-order valence-corrected chi connectivity index (χ3v) is 7.31. The number of hydrogen-bond acceptors (Lipinski definition) is 8. The molecule has 10 nitrogen and oxygen atoms in total. The van der Waals surface area contributed by atoms with Gasteiger partial charge in [0.2, 0.25) is 5.91 Å². The van der Waals surface area contributed by atoms with Crippen LogP contribution in [0.1, 0.15) is 83.1 Å². The number of unbranched alkanes of at least 4 members (excludes halogenated alkanes) is 1. The Morgan fingerprint density at radius 2 is 1.85 bits per heavy atom. The molecule has 1 unspecified atom stereocenters. The number of esters is 2. The fourth-order valence-electron chi connectivity index (χ4n) is 5.03. The van der Waals surface area contributed by atoms with Gasteiger partial charge < -0.3 is 30.0 Å². The Morgan fingerprint density at radius 3 is 2.56 bits per heavy atom. The molecule has 0 spiro atoms. The topological polar surface area (TPSA) is 140 Å². The van der Waals surface area contributed by atoms with E-state index in [1.54, 1.807) is 12.1 Å². The van der Waals surface area contributed by atoms with E-state index in [1.807, 2.05) is 25.1 Å². The summed E-state index contributed by atoms with van der Waals surface area (Å²) in [4.78, 5) is 51.3. The van der Waals surface area contributed by atoms with Crippen LogP contribution in [-0.2, 0) is 35.2 Å². The van der Waals surface area contributed by atoms with Crippen molar-refractivity contribution in [2.24, 2.45) is 5.92 Å². The van der Waals surface area contributed by atoms with Gasteiger partial charge in [0.25, 0.3) is 0 Å². The molecule has 1 aromatic carbocycles. The Balaban J connectivity index is 1.75. The highest BCUT2D eigenvalue weighted by molar-refractivity contribution is 5.87. The van der Waals surface area contributed by atoms with Crippen LogP contribution in [0.25, 0.3) is 0 Å². The number of benzene rings is 1. The van der Waals surface area contributed by atoms with Gasteiger partial charge in [0.1, 0.15) is 25.4 Å². The minimum atomic E-state index is -1.60. The molecule has 3 rings (SSSR count). The summed E-state index contributed by atoms with van der Waals surface area (Å²) in [6.45, 7) is 1.87. The number of cyclic esters (lactones) is 2. The Labute approximate surface area is 230 Å². The van der Waals surface area contributed by atoms with Crippen molar-refractivity contribution in [3.63, 3.8) is 0 Å². The lowest BCUT2D eigenvalue weighted by molar-refractivity contribution is -0.168. The number of aliphatic hydroxyl groups excluding tert-OH is 1. The van der Waals surface area contributed by atoms with E-state index in [-0.39, 0.29) is 32.0 Å².